The zero-order valence-corrected chi connectivity index (χ0v) is 10.9. The van der Waals surface area contributed by atoms with E-state index in [-0.39, 0.29) is 5.03 Å². The van der Waals surface area contributed by atoms with Gasteiger partial charge in [-0.3, -0.25) is 5.10 Å². The molecule has 7 heteroatoms. The van der Waals surface area contributed by atoms with Crippen LogP contribution in [0, 0.1) is 5.92 Å². The highest BCUT2D eigenvalue weighted by atomic mass is 32.2. The van der Waals surface area contributed by atoms with Crippen molar-refractivity contribution in [2.45, 2.75) is 24.9 Å². The van der Waals surface area contributed by atoms with Crippen LogP contribution in [0.2, 0.25) is 0 Å². The van der Waals surface area contributed by atoms with Gasteiger partial charge in [0.05, 0.1) is 6.20 Å². The monoisotopic (exact) mass is 258 g/mol. The molecule has 96 valence electrons. The van der Waals surface area contributed by atoms with Crippen molar-refractivity contribution in [2.24, 2.45) is 5.92 Å². The van der Waals surface area contributed by atoms with E-state index in [1.807, 2.05) is 0 Å². The number of H-pyrrole nitrogens is 1. The van der Waals surface area contributed by atoms with Crippen LogP contribution in [0.15, 0.2) is 11.2 Å². The van der Waals surface area contributed by atoms with Gasteiger partial charge < -0.3 is 5.32 Å². The lowest BCUT2D eigenvalue weighted by Crippen LogP contribution is -2.30. The Morgan fingerprint density at radius 3 is 3.00 bits per heavy atom. The average Bonchev–Trinajstić information content (AvgIpc) is 2.87. The first-order valence-electron chi connectivity index (χ1n) is 5.72. The smallest absolute Gasteiger partial charge is 0.260 e. The molecule has 2 rings (SSSR count). The number of nitrogens with one attached hydrogen (secondary N) is 2. The van der Waals surface area contributed by atoms with Gasteiger partial charge in [0.1, 0.15) is 0 Å². The molecule has 0 radical (unpaired) electrons. The van der Waals surface area contributed by atoms with Crippen molar-refractivity contribution in [3.05, 3.63) is 11.8 Å². The Morgan fingerprint density at radius 1 is 1.65 bits per heavy atom. The van der Waals surface area contributed by atoms with Gasteiger partial charge in [-0.15, -0.1) is 0 Å². The van der Waals surface area contributed by atoms with Gasteiger partial charge in [-0.1, -0.05) is 6.92 Å². The molecule has 0 aliphatic carbocycles. The highest BCUT2D eigenvalue weighted by Gasteiger charge is 2.33. The third-order valence-electron chi connectivity index (χ3n) is 3.03. The minimum Gasteiger partial charge on any atom is -0.316 e. The summed E-state index contributed by atoms with van der Waals surface area (Å²) < 4.78 is 26.3. The van der Waals surface area contributed by atoms with E-state index < -0.39 is 10.0 Å². The first-order valence-corrected chi connectivity index (χ1v) is 7.16. The standard InChI is InChI=1S/C10H18N4O2S/c1-8-3-4-14(7-8)17(15,16)10-9(5-11-2)6-12-13-10/h6,8,11H,3-5,7H2,1-2H3,(H,12,13). The molecule has 1 aliphatic heterocycles. The SMILES string of the molecule is CNCc1cn[nH]c1S(=O)(=O)N1CCC(C)C1. The molecular weight excluding hydrogens is 240 g/mol. The molecule has 0 amide bonds. The average molecular weight is 258 g/mol. The van der Waals surface area contributed by atoms with Crippen LogP contribution in [-0.2, 0) is 16.6 Å². The van der Waals surface area contributed by atoms with Crippen LogP contribution in [0.4, 0.5) is 0 Å². The summed E-state index contributed by atoms with van der Waals surface area (Å²) in [5.74, 6) is 0.431. The lowest BCUT2D eigenvalue weighted by molar-refractivity contribution is 0.460. The number of sulfonamides is 1. The topological polar surface area (TPSA) is 78.1 Å². The predicted octanol–water partition coefficient (Wildman–Crippen LogP) is 0.160. The second-order valence-electron chi connectivity index (χ2n) is 4.51. The molecule has 17 heavy (non-hydrogen) atoms. The van der Waals surface area contributed by atoms with Crippen LogP contribution in [0.5, 0.6) is 0 Å². The second kappa shape index (κ2) is 4.75. The predicted molar refractivity (Wildman–Crippen MR) is 63.9 cm³/mol. The van der Waals surface area contributed by atoms with Crippen molar-refractivity contribution in [3.8, 4) is 0 Å². The Bertz CT molecular complexity index is 482. The molecule has 1 aliphatic rings. The molecular formula is C10H18N4O2S. The van der Waals surface area contributed by atoms with Gasteiger partial charge in [0.25, 0.3) is 10.0 Å². The Morgan fingerprint density at radius 2 is 2.41 bits per heavy atom. The zero-order chi connectivity index (χ0) is 12.5. The molecule has 1 saturated heterocycles. The molecule has 0 aromatic carbocycles. The number of hydrogen-bond donors (Lipinski definition) is 2. The van der Waals surface area contributed by atoms with Gasteiger partial charge in [0, 0.05) is 25.2 Å². The van der Waals surface area contributed by atoms with Crippen molar-refractivity contribution < 1.29 is 8.42 Å². The summed E-state index contributed by atoms with van der Waals surface area (Å²) in [5, 5.41) is 9.59. The lowest BCUT2D eigenvalue weighted by Gasteiger charge is -2.15. The van der Waals surface area contributed by atoms with E-state index in [0.29, 0.717) is 31.1 Å². The number of hydrogen-bond acceptors (Lipinski definition) is 4. The van der Waals surface area contributed by atoms with Crippen LogP contribution in [0.3, 0.4) is 0 Å². The first kappa shape index (κ1) is 12.5. The lowest BCUT2D eigenvalue weighted by atomic mass is 10.2. The van der Waals surface area contributed by atoms with Crippen LogP contribution < -0.4 is 5.32 Å². The summed E-state index contributed by atoms with van der Waals surface area (Å²) in [7, 11) is -1.63. The van der Waals surface area contributed by atoms with Crippen molar-refractivity contribution in [3.63, 3.8) is 0 Å². The van der Waals surface area contributed by atoms with Crippen LogP contribution in [0.25, 0.3) is 0 Å². The number of aromatic nitrogens is 2. The summed E-state index contributed by atoms with van der Waals surface area (Å²) in [6, 6.07) is 0. The molecule has 0 saturated carbocycles. The highest BCUT2D eigenvalue weighted by Crippen LogP contribution is 2.24. The summed E-state index contributed by atoms with van der Waals surface area (Å²) >= 11 is 0. The van der Waals surface area contributed by atoms with E-state index in [9.17, 15) is 8.42 Å². The van der Waals surface area contributed by atoms with Crippen molar-refractivity contribution in [1.29, 1.82) is 0 Å². The number of rotatable bonds is 4. The minimum atomic E-state index is -3.41. The van der Waals surface area contributed by atoms with E-state index in [1.165, 1.54) is 4.31 Å². The molecule has 1 atom stereocenters. The Balaban J connectivity index is 2.28. The number of nitrogens with zero attached hydrogens (tertiary/aromatic N) is 2. The molecule has 1 aromatic heterocycles. The highest BCUT2D eigenvalue weighted by molar-refractivity contribution is 7.89. The van der Waals surface area contributed by atoms with Gasteiger partial charge in [-0.2, -0.15) is 9.40 Å². The maximum atomic E-state index is 12.4. The summed E-state index contributed by atoms with van der Waals surface area (Å²) in [6.07, 6.45) is 2.48. The van der Waals surface area contributed by atoms with Crippen LogP contribution >= 0.6 is 0 Å². The zero-order valence-electron chi connectivity index (χ0n) is 10.1. The fourth-order valence-electron chi connectivity index (χ4n) is 2.08. The Labute approximate surface area is 101 Å². The van der Waals surface area contributed by atoms with E-state index in [0.717, 1.165) is 6.42 Å². The van der Waals surface area contributed by atoms with E-state index in [4.69, 9.17) is 0 Å². The normalized spacial score (nSPS) is 22.1. The van der Waals surface area contributed by atoms with Gasteiger partial charge in [0.15, 0.2) is 5.03 Å². The quantitative estimate of drug-likeness (QED) is 0.806. The van der Waals surface area contributed by atoms with Gasteiger partial charge >= 0.3 is 0 Å². The number of aromatic amines is 1. The van der Waals surface area contributed by atoms with Gasteiger partial charge in [0.2, 0.25) is 0 Å². The molecule has 1 fully saturated rings. The minimum absolute atomic E-state index is 0.223. The fraction of sp³-hybridized carbons (Fsp3) is 0.700. The molecule has 0 spiro atoms. The van der Waals surface area contributed by atoms with Crippen molar-refractivity contribution >= 4 is 10.0 Å². The molecule has 1 unspecified atom stereocenters. The maximum absolute atomic E-state index is 12.4. The molecule has 1 aromatic rings. The molecule has 6 nitrogen and oxygen atoms in total. The third kappa shape index (κ3) is 2.36. The van der Waals surface area contributed by atoms with Crippen molar-refractivity contribution in [1.82, 2.24) is 19.8 Å². The fourth-order valence-corrected chi connectivity index (χ4v) is 3.76. The van der Waals surface area contributed by atoms with Crippen molar-refractivity contribution in [2.75, 3.05) is 20.1 Å². The van der Waals surface area contributed by atoms with Gasteiger partial charge in [-0.25, -0.2) is 8.42 Å². The molecule has 2 heterocycles. The molecule has 2 N–H and O–H groups in total. The maximum Gasteiger partial charge on any atom is 0.260 e. The van der Waals surface area contributed by atoms with Gasteiger partial charge in [-0.05, 0) is 19.4 Å². The Hall–Kier alpha value is -0.920. The van der Waals surface area contributed by atoms with Crippen LogP contribution in [0.1, 0.15) is 18.9 Å². The van der Waals surface area contributed by atoms with E-state index in [1.54, 1.807) is 13.2 Å². The molecule has 0 bridgehead atoms. The summed E-state index contributed by atoms with van der Waals surface area (Å²) in [4.78, 5) is 0. The first-order chi connectivity index (χ1) is 8.05. The Kier molecular flexibility index (Phi) is 3.50. The van der Waals surface area contributed by atoms with E-state index >= 15 is 0 Å². The summed E-state index contributed by atoms with van der Waals surface area (Å²) in [5.41, 5.74) is 0.687. The summed E-state index contributed by atoms with van der Waals surface area (Å²) in [6.45, 7) is 3.76. The van der Waals surface area contributed by atoms with E-state index in [2.05, 4.69) is 22.4 Å². The van der Waals surface area contributed by atoms with Crippen LogP contribution in [-0.4, -0.2) is 43.1 Å². The largest absolute Gasteiger partial charge is 0.316 e. The third-order valence-corrected chi connectivity index (χ3v) is 4.91. The second-order valence-corrected chi connectivity index (χ2v) is 6.39.